The summed E-state index contributed by atoms with van der Waals surface area (Å²) in [6, 6.07) is 1.92. The summed E-state index contributed by atoms with van der Waals surface area (Å²) in [5.41, 5.74) is 1.75. The zero-order valence-corrected chi connectivity index (χ0v) is 13.8. The minimum Gasteiger partial charge on any atom is -0.459 e. The van der Waals surface area contributed by atoms with Crippen molar-refractivity contribution < 1.29 is 9.53 Å². The van der Waals surface area contributed by atoms with Gasteiger partial charge in [0.15, 0.2) is 0 Å². The molecule has 0 radical (unpaired) electrons. The molecule has 0 spiro atoms. The second kappa shape index (κ2) is 6.10. The minimum atomic E-state index is -0.0299. The van der Waals surface area contributed by atoms with Gasteiger partial charge < -0.3 is 9.64 Å². The molecule has 0 amide bonds. The molecule has 5 nitrogen and oxygen atoms in total. The van der Waals surface area contributed by atoms with E-state index in [1.165, 1.54) is 32.1 Å². The molecule has 0 bridgehead atoms. The van der Waals surface area contributed by atoms with E-state index in [1.54, 1.807) is 0 Å². The van der Waals surface area contributed by atoms with Crippen molar-refractivity contribution in [1.29, 1.82) is 0 Å². The molecule has 4 rings (SSSR count). The molecule has 1 aromatic heterocycles. The van der Waals surface area contributed by atoms with Crippen LogP contribution in [0.2, 0.25) is 0 Å². The molecule has 2 saturated carbocycles. The number of hydrogen-bond acceptors (Lipinski definition) is 5. The number of anilines is 1. The smallest absolute Gasteiger partial charge is 0.309 e. The van der Waals surface area contributed by atoms with Gasteiger partial charge in [0.25, 0.3) is 0 Å². The minimum absolute atomic E-state index is 0.0299. The van der Waals surface area contributed by atoms with Crippen molar-refractivity contribution in [2.24, 2.45) is 17.8 Å². The van der Waals surface area contributed by atoms with E-state index in [9.17, 15) is 4.79 Å². The summed E-state index contributed by atoms with van der Waals surface area (Å²) >= 11 is 0. The van der Waals surface area contributed by atoms with Crippen molar-refractivity contribution in [3.05, 3.63) is 17.5 Å². The van der Waals surface area contributed by atoms with Crippen molar-refractivity contribution >= 4 is 11.9 Å². The van der Waals surface area contributed by atoms with Crippen LogP contribution in [0, 0.1) is 24.7 Å². The molecule has 0 aromatic carbocycles. The first-order valence-corrected chi connectivity index (χ1v) is 8.97. The van der Waals surface area contributed by atoms with Crippen LogP contribution in [0.25, 0.3) is 0 Å². The summed E-state index contributed by atoms with van der Waals surface area (Å²) in [4.78, 5) is 23.5. The monoisotopic (exact) mass is 315 g/mol. The van der Waals surface area contributed by atoms with Crippen LogP contribution in [0.4, 0.5) is 5.95 Å². The Labute approximate surface area is 137 Å². The third-order valence-corrected chi connectivity index (χ3v) is 5.27. The highest BCUT2D eigenvalue weighted by atomic mass is 16.5. The van der Waals surface area contributed by atoms with Crippen LogP contribution < -0.4 is 4.90 Å². The molecule has 3 aliphatic rings. The van der Waals surface area contributed by atoms with Gasteiger partial charge in [-0.05, 0) is 63.4 Å². The van der Waals surface area contributed by atoms with Gasteiger partial charge in [0.05, 0.1) is 11.6 Å². The van der Waals surface area contributed by atoms with Crippen LogP contribution in [-0.2, 0) is 16.1 Å². The second-order valence-electron chi connectivity index (χ2n) is 7.30. The van der Waals surface area contributed by atoms with Crippen LogP contribution in [0.1, 0.15) is 49.9 Å². The number of aromatic nitrogens is 2. The lowest BCUT2D eigenvalue weighted by molar-refractivity contribution is -0.147. The second-order valence-corrected chi connectivity index (χ2v) is 7.30. The van der Waals surface area contributed by atoms with E-state index in [-0.39, 0.29) is 18.5 Å². The van der Waals surface area contributed by atoms with E-state index in [0.29, 0.717) is 5.92 Å². The molecule has 1 aromatic rings. The summed E-state index contributed by atoms with van der Waals surface area (Å²) in [5.74, 6) is 2.33. The fourth-order valence-electron chi connectivity index (χ4n) is 3.71. The normalized spacial score (nSPS) is 26.9. The van der Waals surface area contributed by atoms with Crippen molar-refractivity contribution in [3.8, 4) is 0 Å². The average Bonchev–Trinajstić information content (AvgIpc) is 3.45. The standard InChI is InChI=1S/C18H25N3O2/c1-12-9-14(20-18(19-12)21-7-3-2-4-8-21)11-23-17(22)16-10-15(16)13-5-6-13/h9,13,15-16H,2-8,10-11H2,1H3. The molecule has 2 atom stereocenters. The largest absolute Gasteiger partial charge is 0.459 e. The van der Waals surface area contributed by atoms with E-state index in [2.05, 4.69) is 14.9 Å². The molecule has 2 aliphatic carbocycles. The number of rotatable bonds is 5. The molecule has 124 valence electrons. The van der Waals surface area contributed by atoms with E-state index in [4.69, 9.17) is 4.74 Å². The van der Waals surface area contributed by atoms with E-state index < -0.39 is 0 Å². The Morgan fingerprint density at radius 3 is 2.78 bits per heavy atom. The third kappa shape index (κ3) is 3.48. The van der Waals surface area contributed by atoms with Crippen LogP contribution >= 0.6 is 0 Å². The van der Waals surface area contributed by atoms with Crippen molar-refractivity contribution in [3.63, 3.8) is 0 Å². The lowest BCUT2D eigenvalue weighted by Crippen LogP contribution is -2.31. The molecule has 3 fully saturated rings. The number of hydrogen-bond donors (Lipinski definition) is 0. The van der Waals surface area contributed by atoms with Crippen molar-refractivity contribution in [2.45, 2.75) is 52.1 Å². The van der Waals surface area contributed by atoms with E-state index in [0.717, 1.165) is 42.8 Å². The van der Waals surface area contributed by atoms with Gasteiger partial charge >= 0.3 is 5.97 Å². The number of nitrogens with zero attached hydrogens (tertiary/aromatic N) is 3. The number of carbonyl (C=O) groups is 1. The first kappa shape index (κ1) is 14.9. The van der Waals surface area contributed by atoms with Gasteiger partial charge in [0.2, 0.25) is 5.95 Å². The number of aryl methyl sites for hydroxylation is 1. The fourth-order valence-corrected chi connectivity index (χ4v) is 3.71. The molecule has 23 heavy (non-hydrogen) atoms. The fraction of sp³-hybridized carbons (Fsp3) is 0.722. The Bertz CT molecular complexity index is 594. The highest BCUT2D eigenvalue weighted by Crippen LogP contribution is 2.54. The molecular weight excluding hydrogens is 290 g/mol. The van der Waals surface area contributed by atoms with Gasteiger partial charge in [-0.15, -0.1) is 0 Å². The number of carbonyl (C=O) groups excluding carboxylic acids is 1. The molecule has 1 aliphatic heterocycles. The van der Waals surface area contributed by atoms with Gasteiger partial charge in [-0.25, -0.2) is 9.97 Å². The highest BCUT2D eigenvalue weighted by molar-refractivity contribution is 5.75. The Morgan fingerprint density at radius 1 is 1.26 bits per heavy atom. The predicted molar refractivity (Wildman–Crippen MR) is 87.0 cm³/mol. The number of piperidine rings is 1. The predicted octanol–water partition coefficient (Wildman–Crippen LogP) is 2.86. The maximum absolute atomic E-state index is 12.1. The molecule has 1 saturated heterocycles. The summed E-state index contributed by atoms with van der Waals surface area (Å²) in [6.07, 6.45) is 7.33. The van der Waals surface area contributed by atoms with Crippen LogP contribution in [0.3, 0.4) is 0 Å². The Balaban J connectivity index is 1.36. The molecule has 0 N–H and O–H groups in total. The van der Waals surface area contributed by atoms with Gasteiger partial charge in [-0.3, -0.25) is 4.79 Å². The molecule has 2 unspecified atom stereocenters. The Morgan fingerprint density at radius 2 is 2.04 bits per heavy atom. The van der Waals surface area contributed by atoms with Crippen LogP contribution in [0.5, 0.6) is 0 Å². The summed E-state index contributed by atoms with van der Waals surface area (Å²) < 4.78 is 5.51. The maximum Gasteiger partial charge on any atom is 0.309 e. The molecular formula is C18H25N3O2. The van der Waals surface area contributed by atoms with Crippen molar-refractivity contribution in [2.75, 3.05) is 18.0 Å². The Kier molecular flexibility index (Phi) is 3.95. The highest BCUT2D eigenvalue weighted by Gasteiger charge is 2.52. The lowest BCUT2D eigenvalue weighted by Gasteiger charge is -2.27. The summed E-state index contributed by atoms with van der Waals surface area (Å²) in [6.45, 7) is 4.29. The summed E-state index contributed by atoms with van der Waals surface area (Å²) in [7, 11) is 0. The molecule has 2 heterocycles. The van der Waals surface area contributed by atoms with Crippen LogP contribution in [-0.4, -0.2) is 29.0 Å². The lowest BCUT2D eigenvalue weighted by atomic mass is 10.1. The van der Waals surface area contributed by atoms with Gasteiger partial charge in [-0.1, -0.05) is 0 Å². The summed E-state index contributed by atoms with van der Waals surface area (Å²) in [5, 5.41) is 0. The van der Waals surface area contributed by atoms with Gasteiger partial charge in [0.1, 0.15) is 6.61 Å². The van der Waals surface area contributed by atoms with Crippen LogP contribution in [0.15, 0.2) is 6.07 Å². The zero-order chi connectivity index (χ0) is 15.8. The first-order chi connectivity index (χ1) is 11.2. The molecule has 5 heteroatoms. The quantitative estimate of drug-likeness (QED) is 0.782. The van der Waals surface area contributed by atoms with Gasteiger partial charge in [0, 0.05) is 18.8 Å². The SMILES string of the molecule is Cc1cc(COC(=O)C2CC2C2CC2)nc(N2CCCCC2)n1. The van der Waals surface area contributed by atoms with E-state index in [1.807, 2.05) is 13.0 Å². The van der Waals surface area contributed by atoms with Crippen molar-refractivity contribution in [1.82, 2.24) is 9.97 Å². The average molecular weight is 315 g/mol. The number of esters is 1. The third-order valence-electron chi connectivity index (χ3n) is 5.27. The van der Waals surface area contributed by atoms with E-state index >= 15 is 0 Å². The first-order valence-electron chi connectivity index (χ1n) is 8.97. The van der Waals surface area contributed by atoms with Gasteiger partial charge in [-0.2, -0.15) is 0 Å². The Hall–Kier alpha value is -1.65. The maximum atomic E-state index is 12.1. The zero-order valence-electron chi connectivity index (χ0n) is 13.8. The topological polar surface area (TPSA) is 55.3 Å². The number of ether oxygens (including phenoxy) is 1.